The van der Waals surface area contributed by atoms with Crippen molar-refractivity contribution in [2.45, 2.75) is 13.2 Å². The zero-order valence-corrected chi connectivity index (χ0v) is 12.2. The van der Waals surface area contributed by atoms with Gasteiger partial charge in [0.1, 0.15) is 11.5 Å². The molecule has 1 amide bonds. The number of nitrogens with one attached hydrogen (secondary N) is 1. The summed E-state index contributed by atoms with van der Waals surface area (Å²) in [7, 11) is -0.888. The Labute approximate surface area is 133 Å². The van der Waals surface area contributed by atoms with E-state index < -0.39 is 7.12 Å². The van der Waals surface area contributed by atoms with Crippen molar-refractivity contribution >= 4 is 19.0 Å². The maximum absolute atomic E-state index is 10.5. The van der Waals surface area contributed by atoms with Crippen LogP contribution in [0.25, 0.3) is 0 Å². The SMILES string of the molecule is N#Cc1ccc(Oc2ccc3c(c2)COB3O)c(CNC=O)c1. The van der Waals surface area contributed by atoms with E-state index in [1.165, 1.54) is 0 Å². The van der Waals surface area contributed by atoms with E-state index in [1.807, 2.05) is 0 Å². The normalized spacial score (nSPS) is 12.4. The summed E-state index contributed by atoms with van der Waals surface area (Å²) < 4.78 is 11.0. The second-order valence-corrected chi connectivity index (χ2v) is 5.06. The van der Waals surface area contributed by atoms with E-state index in [4.69, 9.17) is 14.7 Å². The topological polar surface area (TPSA) is 91.6 Å². The lowest BCUT2D eigenvalue weighted by Gasteiger charge is -2.12. The van der Waals surface area contributed by atoms with Crippen molar-refractivity contribution in [2.75, 3.05) is 0 Å². The summed E-state index contributed by atoms with van der Waals surface area (Å²) >= 11 is 0. The molecular formula is C16H13BN2O4. The predicted octanol–water partition coefficient (Wildman–Crippen LogP) is 0.814. The van der Waals surface area contributed by atoms with E-state index in [0.29, 0.717) is 35.6 Å². The smallest absolute Gasteiger partial charge is 0.457 e. The van der Waals surface area contributed by atoms with Gasteiger partial charge in [-0.1, -0.05) is 6.07 Å². The molecule has 114 valence electrons. The molecule has 2 aromatic rings. The van der Waals surface area contributed by atoms with Gasteiger partial charge in [0.25, 0.3) is 0 Å². The van der Waals surface area contributed by atoms with Gasteiger partial charge in [-0.25, -0.2) is 0 Å². The molecule has 6 nitrogen and oxygen atoms in total. The molecule has 0 unspecified atom stereocenters. The molecule has 0 bridgehead atoms. The molecule has 23 heavy (non-hydrogen) atoms. The maximum atomic E-state index is 10.5. The van der Waals surface area contributed by atoms with Gasteiger partial charge in [0.05, 0.1) is 18.2 Å². The quantitative estimate of drug-likeness (QED) is 0.630. The lowest BCUT2D eigenvalue weighted by molar-refractivity contribution is -0.109. The first kappa shape index (κ1) is 15.1. The van der Waals surface area contributed by atoms with Crippen LogP contribution in [-0.2, 0) is 22.6 Å². The average molecular weight is 308 g/mol. The number of carbonyl (C=O) groups excluding carboxylic acids is 1. The minimum Gasteiger partial charge on any atom is -0.457 e. The van der Waals surface area contributed by atoms with Gasteiger partial charge in [0.2, 0.25) is 6.41 Å². The molecule has 0 spiro atoms. The number of hydrogen-bond donors (Lipinski definition) is 2. The molecule has 7 heteroatoms. The summed E-state index contributed by atoms with van der Waals surface area (Å²) in [5.41, 5.74) is 2.80. The molecule has 0 aliphatic carbocycles. The molecule has 0 aromatic heterocycles. The summed E-state index contributed by atoms with van der Waals surface area (Å²) in [4.78, 5) is 10.5. The highest BCUT2D eigenvalue weighted by Gasteiger charge is 2.27. The van der Waals surface area contributed by atoms with Crippen LogP contribution in [0, 0.1) is 11.3 Å². The van der Waals surface area contributed by atoms with E-state index in [9.17, 15) is 9.82 Å². The molecule has 0 radical (unpaired) electrons. The lowest BCUT2D eigenvalue weighted by Crippen LogP contribution is -2.27. The molecule has 2 aromatic carbocycles. The minimum atomic E-state index is -0.888. The van der Waals surface area contributed by atoms with Crippen LogP contribution in [0.15, 0.2) is 36.4 Å². The molecular weight excluding hydrogens is 295 g/mol. The van der Waals surface area contributed by atoms with Crippen LogP contribution in [0.3, 0.4) is 0 Å². The van der Waals surface area contributed by atoms with Gasteiger partial charge in [-0.05, 0) is 41.4 Å². The fourth-order valence-electron chi connectivity index (χ4n) is 2.44. The van der Waals surface area contributed by atoms with Gasteiger partial charge in [-0.15, -0.1) is 0 Å². The third kappa shape index (κ3) is 3.18. The standard InChI is InChI=1S/C16H13BN2O4/c18-7-11-1-4-16(12(5-11)8-19-10-20)23-14-2-3-15-13(6-14)9-22-17(15)21/h1-6,10,21H,8-9H2,(H,19,20). The van der Waals surface area contributed by atoms with Gasteiger partial charge in [0.15, 0.2) is 0 Å². The van der Waals surface area contributed by atoms with Crippen LogP contribution in [0.1, 0.15) is 16.7 Å². The van der Waals surface area contributed by atoms with Gasteiger partial charge in [0, 0.05) is 12.1 Å². The summed E-state index contributed by atoms with van der Waals surface area (Å²) in [6.45, 7) is 0.599. The number of nitriles is 1. The van der Waals surface area contributed by atoms with Crippen molar-refractivity contribution < 1.29 is 19.2 Å². The number of rotatable bonds is 5. The van der Waals surface area contributed by atoms with Gasteiger partial charge >= 0.3 is 7.12 Å². The predicted molar refractivity (Wildman–Crippen MR) is 83.0 cm³/mol. The minimum absolute atomic E-state index is 0.265. The first-order chi connectivity index (χ1) is 11.2. The second kappa shape index (κ2) is 6.52. The van der Waals surface area contributed by atoms with Crippen LogP contribution >= 0.6 is 0 Å². The molecule has 0 fully saturated rings. The zero-order chi connectivity index (χ0) is 16.2. The Balaban J connectivity index is 1.87. The van der Waals surface area contributed by atoms with Crippen molar-refractivity contribution in [3.63, 3.8) is 0 Å². The Bertz CT molecular complexity index is 788. The van der Waals surface area contributed by atoms with E-state index in [1.54, 1.807) is 36.4 Å². The monoisotopic (exact) mass is 308 g/mol. The second-order valence-electron chi connectivity index (χ2n) is 5.06. The molecule has 1 aliphatic rings. The molecule has 1 aliphatic heterocycles. The largest absolute Gasteiger partial charge is 0.491 e. The van der Waals surface area contributed by atoms with Crippen LogP contribution in [-0.4, -0.2) is 18.6 Å². The Morgan fingerprint density at radius 3 is 3.04 bits per heavy atom. The van der Waals surface area contributed by atoms with Crippen LogP contribution in [0.2, 0.25) is 0 Å². The first-order valence-electron chi connectivity index (χ1n) is 7.01. The Hall–Kier alpha value is -2.82. The number of nitrogens with zero attached hydrogens (tertiary/aromatic N) is 1. The highest BCUT2D eigenvalue weighted by Crippen LogP contribution is 2.27. The Kier molecular flexibility index (Phi) is 4.28. The average Bonchev–Trinajstić information content (AvgIpc) is 2.94. The molecule has 0 atom stereocenters. The van der Waals surface area contributed by atoms with Gasteiger partial charge < -0.3 is 19.7 Å². The number of amides is 1. The van der Waals surface area contributed by atoms with E-state index in [2.05, 4.69) is 11.4 Å². The van der Waals surface area contributed by atoms with Gasteiger partial charge in [-0.2, -0.15) is 5.26 Å². The van der Waals surface area contributed by atoms with Crippen LogP contribution in [0.5, 0.6) is 11.5 Å². The fourth-order valence-corrected chi connectivity index (χ4v) is 2.44. The highest BCUT2D eigenvalue weighted by atomic mass is 16.5. The first-order valence-corrected chi connectivity index (χ1v) is 7.01. The molecule has 0 saturated heterocycles. The number of ether oxygens (including phenoxy) is 1. The van der Waals surface area contributed by atoms with E-state index in [0.717, 1.165) is 11.0 Å². The summed E-state index contributed by atoms with van der Waals surface area (Å²) in [5, 5.41) is 21.2. The van der Waals surface area contributed by atoms with Crippen molar-refractivity contribution in [1.82, 2.24) is 5.32 Å². The Morgan fingerprint density at radius 1 is 1.39 bits per heavy atom. The summed E-state index contributed by atoms with van der Waals surface area (Å²) in [6.07, 6.45) is 0.594. The number of carbonyl (C=O) groups is 1. The maximum Gasteiger partial charge on any atom is 0.491 e. The van der Waals surface area contributed by atoms with Crippen molar-refractivity contribution in [2.24, 2.45) is 0 Å². The zero-order valence-electron chi connectivity index (χ0n) is 12.2. The van der Waals surface area contributed by atoms with Crippen molar-refractivity contribution in [3.05, 3.63) is 53.1 Å². The van der Waals surface area contributed by atoms with Crippen molar-refractivity contribution in [1.29, 1.82) is 5.26 Å². The van der Waals surface area contributed by atoms with Crippen molar-refractivity contribution in [3.8, 4) is 17.6 Å². The van der Waals surface area contributed by atoms with E-state index in [-0.39, 0.29) is 6.54 Å². The molecule has 1 heterocycles. The van der Waals surface area contributed by atoms with Crippen LogP contribution in [0.4, 0.5) is 0 Å². The number of fused-ring (bicyclic) bond motifs is 1. The number of benzene rings is 2. The number of hydrogen-bond acceptors (Lipinski definition) is 5. The van der Waals surface area contributed by atoms with E-state index >= 15 is 0 Å². The molecule has 2 N–H and O–H groups in total. The van der Waals surface area contributed by atoms with Gasteiger partial charge in [-0.3, -0.25) is 4.79 Å². The summed E-state index contributed by atoms with van der Waals surface area (Å²) in [6, 6.07) is 12.4. The third-order valence-electron chi connectivity index (χ3n) is 3.57. The third-order valence-corrected chi connectivity index (χ3v) is 3.57. The highest BCUT2D eigenvalue weighted by molar-refractivity contribution is 6.61. The fraction of sp³-hybridized carbons (Fsp3) is 0.125. The molecule has 0 saturated carbocycles. The summed E-state index contributed by atoms with van der Waals surface area (Å²) in [5.74, 6) is 1.15. The lowest BCUT2D eigenvalue weighted by atomic mass is 9.80. The Morgan fingerprint density at radius 2 is 2.26 bits per heavy atom. The van der Waals surface area contributed by atoms with Crippen LogP contribution < -0.4 is 15.5 Å². The molecule has 3 rings (SSSR count).